The lowest BCUT2D eigenvalue weighted by molar-refractivity contribution is 0.246. The minimum atomic E-state index is 0.307. The highest BCUT2D eigenvalue weighted by molar-refractivity contribution is 7.80. The van der Waals surface area contributed by atoms with E-state index in [1.807, 2.05) is 11.6 Å². The van der Waals surface area contributed by atoms with Crippen LogP contribution >= 0.6 is 12.6 Å². The molecule has 14 heavy (non-hydrogen) atoms. The molecule has 0 spiro atoms. The monoisotopic (exact) mass is 212 g/mol. The van der Waals surface area contributed by atoms with Gasteiger partial charge in [0, 0.05) is 12.7 Å². The predicted molar refractivity (Wildman–Crippen MR) is 63.8 cm³/mol. The van der Waals surface area contributed by atoms with Gasteiger partial charge in [0.25, 0.3) is 0 Å². The molecule has 1 aromatic heterocycles. The highest BCUT2D eigenvalue weighted by atomic mass is 32.1. The summed E-state index contributed by atoms with van der Waals surface area (Å²) >= 11 is 4.46. The van der Waals surface area contributed by atoms with E-state index in [1.54, 1.807) is 0 Å². The van der Waals surface area contributed by atoms with Gasteiger partial charge < -0.3 is 0 Å². The molecule has 0 unspecified atom stereocenters. The summed E-state index contributed by atoms with van der Waals surface area (Å²) in [5.74, 6) is 0.929. The molecule has 0 bridgehead atoms. The second kappa shape index (κ2) is 4.87. The zero-order valence-corrected chi connectivity index (χ0v) is 10.2. The van der Waals surface area contributed by atoms with Crippen LogP contribution in [-0.2, 0) is 6.54 Å². The molecule has 80 valence electrons. The van der Waals surface area contributed by atoms with Crippen LogP contribution < -0.4 is 0 Å². The summed E-state index contributed by atoms with van der Waals surface area (Å²) in [5.41, 5.74) is 1.40. The third-order valence-electron chi connectivity index (χ3n) is 3.11. The van der Waals surface area contributed by atoms with Crippen molar-refractivity contribution in [3.8, 4) is 0 Å². The summed E-state index contributed by atoms with van der Waals surface area (Å²) in [7, 11) is 0. The molecule has 0 aromatic carbocycles. The van der Waals surface area contributed by atoms with Gasteiger partial charge in [0.1, 0.15) is 0 Å². The fourth-order valence-electron chi connectivity index (χ4n) is 1.64. The van der Waals surface area contributed by atoms with E-state index < -0.39 is 0 Å². The van der Waals surface area contributed by atoms with Gasteiger partial charge in [-0.3, -0.25) is 4.68 Å². The Morgan fingerprint density at radius 3 is 2.43 bits per heavy atom. The van der Waals surface area contributed by atoms with Gasteiger partial charge in [-0.1, -0.05) is 13.8 Å². The van der Waals surface area contributed by atoms with Crippen LogP contribution in [0, 0.1) is 12.3 Å². The largest absolute Gasteiger partial charge is 0.272 e. The van der Waals surface area contributed by atoms with Gasteiger partial charge >= 0.3 is 0 Å². The molecule has 0 aliphatic rings. The number of aryl methyl sites for hydroxylation is 1. The molecule has 2 nitrogen and oxygen atoms in total. The lowest BCUT2D eigenvalue weighted by Crippen LogP contribution is -2.27. The van der Waals surface area contributed by atoms with Crippen molar-refractivity contribution >= 4 is 12.6 Å². The van der Waals surface area contributed by atoms with Gasteiger partial charge in [0.15, 0.2) is 0 Å². The number of rotatable bonds is 5. The standard InChI is InChI=1S/C11H20N2S/c1-4-11(5-2,9-14)8-13-7-6-10(3)12-13/h6-7,14H,4-5,8-9H2,1-3H3. The van der Waals surface area contributed by atoms with Crippen LogP contribution in [-0.4, -0.2) is 15.5 Å². The van der Waals surface area contributed by atoms with Crippen LogP contribution in [0.25, 0.3) is 0 Å². The Labute approximate surface area is 92.1 Å². The molecular weight excluding hydrogens is 192 g/mol. The molecule has 1 heterocycles. The van der Waals surface area contributed by atoms with Gasteiger partial charge in [-0.2, -0.15) is 17.7 Å². The minimum absolute atomic E-state index is 0.307. The summed E-state index contributed by atoms with van der Waals surface area (Å²) in [6.07, 6.45) is 4.37. The molecule has 0 saturated heterocycles. The number of nitrogens with zero attached hydrogens (tertiary/aromatic N) is 2. The molecule has 0 aliphatic heterocycles. The van der Waals surface area contributed by atoms with E-state index >= 15 is 0 Å². The molecule has 1 rings (SSSR count). The lowest BCUT2D eigenvalue weighted by atomic mass is 9.84. The molecule has 0 amide bonds. The Morgan fingerprint density at radius 1 is 1.43 bits per heavy atom. The van der Waals surface area contributed by atoms with Crippen molar-refractivity contribution < 1.29 is 0 Å². The van der Waals surface area contributed by atoms with E-state index in [0.29, 0.717) is 5.41 Å². The number of thiol groups is 1. The average Bonchev–Trinajstić information content (AvgIpc) is 2.61. The van der Waals surface area contributed by atoms with Crippen LogP contribution in [0.3, 0.4) is 0 Å². The van der Waals surface area contributed by atoms with Crippen LogP contribution in [0.2, 0.25) is 0 Å². The first-order valence-corrected chi connectivity index (χ1v) is 5.90. The van der Waals surface area contributed by atoms with E-state index in [-0.39, 0.29) is 0 Å². The smallest absolute Gasteiger partial charge is 0.0593 e. The quantitative estimate of drug-likeness (QED) is 0.743. The highest BCUT2D eigenvalue weighted by Gasteiger charge is 2.25. The third-order valence-corrected chi connectivity index (χ3v) is 3.78. The summed E-state index contributed by atoms with van der Waals surface area (Å²) < 4.78 is 2.04. The zero-order chi connectivity index (χ0) is 10.6. The van der Waals surface area contributed by atoms with Gasteiger partial charge in [-0.25, -0.2) is 0 Å². The summed E-state index contributed by atoms with van der Waals surface area (Å²) in [4.78, 5) is 0. The van der Waals surface area contributed by atoms with Crippen molar-refractivity contribution in [3.05, 3.63) is 18.0 Å². The van der Waals surface area contributed by atoms with Crippen molar-refractivity contribution in [2.45, 2.75) is 40.2 Å². The summed E-state index contributed by atoms with van der Waals surface area (Å²) in [6.45, 7) is 7.47. The Hall–Kier alpha value is -0.440. The van der Waals surface area contributed by atoms with E-state index in [0.717, 1.165) is 30.8 Å². The third kappa shape index (κ3) is 2.53. The van der Waals surface area contributed by atoms with E-state index in [2.05, 4.69) is 43.8 Å². The first-order valence-electron chi connectivity index (χ1n) is 5.26. The molecule has 0 radical (unpaired) electrons. The topological polar surface area (TPSA) is 17.8 Å². The van der Waals surface area contributed by atoms with Gasteiger partial charge in [-0.05, 0) is 37.0 Å². The van der Waals surface area contributed by atoms with Crippen LogP contribution in [0.5, 0.6) is 0 Å². The first-order chi connectivity index (χ1) is 6.65. The van der Waals surface area contributed by atoms with Crippen molar-refractivity contribution in [2.24, 2.45) is 5.41 Å². The molecule has 0 atom stereocenters. The zero-order valence-electron chi connectivity index (χ0n) is 9.32. The number of hydrogen-bond acceptors (Lipinski definition) is 2. The maximum absolute atomic E-state index is 4.46. The van der Waals surface area contributed by atoms with Crippen molar-refractivity contribution in [2.75, 3.05) is 5.75 Å². The van der Waals surface area contributed by atoms with E-state index in [1.165, 1.54) is 0 Å². The van der Waals surface area contributed by atoms with Crippen LogP contribution in [0.4, 0.5) is 0 Å². The number of hydrogen-bond donors (Lipinski definition) is 1. The van der Waals surface area contributed by atoms with E-state index in [4.69, 9.17) is 0 Å². The Kier molecular flexibility index (Phi) is 4.05. The maximum Gasteiger partial charge on any atom is 0.0593 e. The SMILES string of the molecule is CCC(CC)(CS)Cn1ccc(C)n1. The Morgan fingerprint density at radius 2 is 2.07 bits per heavy atom. The fourth-order valence-corrected chi connectivity index (χ4v) is 2.19. The van der Waals surface area contributed by atoms with Crippen LogP contribution in [0.15, 0.2) is 12.3 Å². The second-order valence-electron chi connectivity index (χ2n) is 4.02. The normalized spacial score (nSPS) is 12.0. The Balaban J connectivity index is 2.73. The fraction of sp³-hybridized carbons (Fsp3) is 0.727. The molecule has 0 saturated carbocycles. The molecule has 1 aromatic rings. The van der Waals surface area contributed by atoms with Crippen molar-refractivity contribution in [3.63, 3.8) is 0 Å². The highest BCUT2D eigenvalue weighted by Crippen LogP contribution is 2.29. The molecular formula is C11H20N2S. The van der Waals surface area contributed by atoms with Gasteiger partial charge in [-0.15, -0.1) is 0 Å². The average molecular weight is 212 g/mol. The van der Waals surface area contributed by atoms with E-state index in [9.17, 15) is 0 Å². The summed E-state index contributed by atoms with van der Waals surface area (Å²) in [6, 6.07) is 2.05. The second-order valence-corrected chi connectivity index (χ2v) is 4.34. The van der Waals surface area contributed by atoms with Crippen molar-refractivity contribution in [1.82, 2.24) is 9.78 Å². The Bertz CT molecular complexity index is 268. The maximum atomic E-state index is 4.46. The lowest BCUT2D eigenvalue weighted by Gasteiger charge is -2.29. The minimum Gasteiger partial charge on any atom is -0.272 e. The van der Waals surface area contributed by atoms with Crippen LogP contribution in [0.1, 0.15) is 32.4 Å². The predicted octanol–water partition coefficient (Wildman–Crippen LogP) is 2.93. The van der Waals surface area contributed by atoms with Crippen molar-refractivity contribution in [1.29, 1.82) is 0 Å². The van der Waals surface area contributed by atoms with Gasteiger partial charge in [0.2, 0.25) is 0 Å². The van der Waals surface area contributed by atoms with Gasteiger partial charge in [0.05, 0.1) is 5.69 Å². The molecule has 0 N–H and O–H groups in total. The first kappa shape index (κ1) is 11.6. The number of aromatic nitrogens is 2. The molecule has 0 aliphatic carbocycles. The molecule has 0 fully saturated rings. The summed E-state index contributed by atoms with van der Waals surface area (Å²) in [5, 5.41) is 4.42. The molecule has 3 heteroatoms.